The average Bonchev–Trinajstić information content (AvgIpc) is 1.86. The standard InChI is InChI=1S/C7H12F3N/c1-5-2-3-11-4-6(5)7(8,9)10/h5-6,11H,2-4H2,1H3/t5-,6+/m1/s1. The van der Waals surface area contributed by atoms with E-state index in [1.807, 2.05) is 0 Å². The average molecular weight is 167 g/mol. The van der Waals surface area contributed by atoms with E-state index < -0.39 is 12.1 Å². The van der Waals surface area contributed by atoms with Gasteiger partial charge in [0.2, 0.25) is 0 Å². The van der Waals surface area contributed by atoms with E-state index in [0.717, 1.165) is 0 Å². The molecule has 0 radical (unpaired) electrons. The van der Waals surface area contributed by atoms with Crippen molar-refractivity contribution in [3.8, 4) is 0 Å². The lowest BCUT2D eigenvalue weighted by molar-refractivity contribution is -0.190. The molecule has 0 unspecified atom stereocenters. The van der Waals surface area contributed by atoms with E-state index in [0.29, 0.717) is 13.0 Å². The molecule has 1 aliphatic rings. The molecule has 0 aromatic rings. The van der Waals surface area contributed by atoms with Crippen LogP contribution in [-0.2, 0) is 0 Å². The molecule has 1 nitrogen and oxygen atoms in total. The number of piperidine rings is 1. The molecule has 0 aromatic carbocycles. The third-order valence-electron chi connectivity index (χ3n) is 2.25. The summed E-state index contributed by atoms with van der Waals surface area (Å²) < 4.78 is 36.5. The van der Waals surface area contributed by atoms with Crippen molar-refractivity contribution in [3.05, 3.63) is 0 Å². The van der Waals surface area contributed by atoms with Crippen LogP contribution < -0.4 is 5.32 Å². The maximum atomic E-state index is 12.2. The maximum absolute atomic E-state index is 12.2. The third-order valence-corrected chi connectivity index (χ3v) is 2.25. The molecule has 1 N–H and O–H groups in total. The number of hydrogen-bond donors (Lipinski definition) is 1. The van der Waals surface area contributed by atoms with Crippen molar-refractivity contribution in [2.45, 2.75) is 19.5 Å². The first kappa shape index (κ1) is 8.84. The van der Waals surface area contributed by atoms with Crippen LogP contribution in [0.25, 0.3) is 0 Å². The van der Waals surface area contributed by atoms with Gasteiger partial charge >= 0.3 is 6.18 Å². The normalized spacial score (nSPS) is 33.8. The fraction of sp³-hybridized carbons (Fsp3) is 1.00. The van der Waals surface area contributed by atoms with Gasteiger partial charge in [-0.3, -0.25) is 0 Å². The summed E-state index contributed by atoms with van der Waals surface area (Å²) in [6.45, 7) is 2.47. The van der Waals surface area contributed by atoms with Gasteiger partial charge in [-0.15, -0.1) is 0 Å². The predicted octanol–water partition coefficient (Wildman–Crippen LogP) is 1.79. The minimum Gasteiger partial charge on any atom is -0.316 e. The quantitative estimate of drug-likeness (QED) is 0.580. The van der Waals surface area contributed by atoms with Crippen LogP contribution in [0, 0.1) is 11.8 Å². The van der Waals surface area contributed by atoms with E-state index >= 15 is 0 Å². The van der Waals surface area contributed by atoms with Crippen molar-refractivity contribution in [1.82, 2.24) is 5.32 Å². The number of halogens is 3. The molecule has 0 saturated carbocycles. The summed E-state index contributed by atoms with van der Waals surface area (Å²) in [4.78, 5) is 0. The molecule has 11 heavy (non-hydrogen) atoms. The summed E-state index contributed by atoms with van der Waals surface area (Å²) in [5.41, 5.74) is 0. The van der Waals surface area contributed by atoms with Crippen LogP contribution in [0.2, 0.25) is 0 Å². The Labute approximate surface area is 64.0 Å². The highest BCUT2D eigenvalue weighted by Crippen LogP contribution is 2.34. The first-order valence-corrected chi connectivity index (χ1v) is 3.79. The van der Waals surface area contributed by atoms with Crippen LogP contribution in [0.1, 0.15) is 13.3 Å². The Morgan fingerprint density at radius 2 is 2.00 bits per heavy atom. The van der Waals surface area contributed by atoms with Crippen LogP contribution >= 0.6 is 0 Å². The first-order chi connectivity index (χ1) is 5.02. The number of nitrogens with one attached hydrogen (secondary N) is 1. The monoisotopic (exact) mass is 167 g/mol. The van der Waals surface area contributed by atoms with E-state index in [1.165, 1.54) is 0 Å². The smallest absolute Gasteiger partial charge is 0.316 e. The molecular weight excluding hydrogens is 155 g/mol. The lowest BCUT2D eigenvalue weighted by atomic mass is 9.88. The van der Waals surface area contributed by atoms with Crippen LogP contribution in [0.3, 0.4) is 0 Å². The van der Waals surface area contributed by atoms with E-state index in [-0.39, 0.29) is 12.5 Å². The summed E-state index contributed by atoms with van der Waals surface area (Å²) in [6, 6.07) is 0. The van der Waals surface area contributed by atoms with Gasteiger partial charge in [-0.2, -0.15) is 13.2 Å². The molecule has 1 fully saturated rings. The van der Waals surface area contributed by atoms with Gasteiger partial charge in [-0.1, -0.05) is 6.92 Å². The van der Waals surface area contributed by atoms with Crippen molar-refractivity contribution in [2.75, 3.05) is 13.1 Å². The molecule has 4 heteroatoms. The molecule has 1 rings (SSSR count). The van der Waals surface area contributed by atoms with Gasteiger partial charge in [0.05, 0.1) is 5.92 Å². The van der Waals surface area contributed by atoms with E-state index in [9.17, 15) is 13.2 Å². The molecule has 66 valence electrons. The van der Waals surface area contributed by atoms with E-state index in [2.05, 4.69) is 5.32 Å². The Morgan fingerprint density at radius 1 is 1.36 bits per heavy atom. The zero-order valence-corrected chi connectivity index (χ0v) is 6.41. The summed E-state index contributed by atoms with van der Waals surface area (Å²) in [5.74, 6) is -1.37. The van der Waals surface area contributed by atoms with Gasteiger partial charge in [0, 0.05) is 6.54 Å². The van der Waals surface area contributed by atoms with Crippen LogP contribution in [0.4, 0.5) is 13.2 Å². The highest BCUT2D eigenvalue weighted by Gasteiger charge is 2.43. The van der Waals surface area contributed by atoms with E-state index in [1.54, 1.807) is 6.92 Å². The second kappa shape index (κ2) is 3.01. The molecular formula is C7H12F3N. The van der Waals surface area contributed by atoms with Crippen molar-refractivity contribution in [3.63, 3.8) is 0 Å². The van der Waals surface area contributed by atoms with Crippen molar-refractivity contribution in [2.24, 2.45) is 11.8 Å². The number of hydrogen-bond acceptors (Lipinski definition) is 1. The minimum absolute atomic E-state index is 0.0880. The van der Waals surface area contributed by atoms with Crippen molar-refractivity contribution >= 4 is 0 Å². The van der Waals surface area contributed by atoms with Crippen LogP contribution in [-0.4, -0.2) is 19.3 Å². The lowest BCUT2D eigenvalue weighted by Gasteiger charge is -2.30. The lowest BCUT2D eigenvalue weighted by Crippen LogP contribution is -2.43. The topological polar surface area (TPSA) is 12.0 Å². The highest BCUT2D eigenvalue weighted by atomic mass is 19.4. The summed E-state index contributed by atoms with van der Waals surface area (Å²) in [7, 11) is 0. The molecule has 2 atom stereocenters. The van der Waals surface area contributed by atoms with Gasteiger partial charge in [-0.05, 0) is 18.9 Å². The zero-order valence-electron chi connectivity index (χ0n) is 6.41. The van der Waals surface area contributed by atoms with Crippen molar-refractivity contribution < 1.29 is 13.2 Å². The van der Waals surface area contributed by atoms with Crippen LogP contribution in [0.15, 0.2) is 0 Å². The number of rotatable bonds is 0. The fourth-order valence-corrected chi connectivity index (χ4v) is 1.43. The molecule has 1 saturated heterocycles. The predicted molar refractivity (Wildman–Crippen MR) is 36.2 cm³/mol. The summed E-state index contributed by atoms with van der Waals surface area (Å²) in [6.07, 6.45) is -3.39. The summed E-state index contributed by atoms with van der Waals surface area (Å²) in [5, 5.41) is 2.75. The molecule has 0 bridgehead atoms. The Kier molecular flexibility index (Phi) is 2.42. The van der Waals surface area contributed by atoms with Gasteiger partial charge in [0.25, 0.3) is 0 Å². The Bertz CT molecular complexity index is 132. The first-order valence-electron chi connectivity index (χ1n) is 3.79. The van der Waals surface area contributed by atoms with Gasteiger partial charge in [0.1, 0.15) is 0 Å². The van der Waals surface area contributed by atoms with Crippen molar-refractivity contribution in [1.29, 1.82) is 0 Å². The Hall–Kier alpha value is -0.250. The zero-order chi connectivity index (χ0) is 8.48. The third kappa shape index (κ3) is 2.09. The van der Waals surface area contributed by atoms with Crippen LogP contribution in [0.5, 0.6) is 0 Å². The Morgan fingerprint density at radius 3 is 2.36 bits per heavy atom. The molecule has 0 aliphatic carbocycles. The second-order valence-electron chi connectivity index (χ2n) is 3.12. The minimum atomic E-state index is -4.02. The second-order valence-corrected chi connectivity index (χ2v) is 3.12. The molecule has 0 amide bonds. The molecule has 1 aliphatic heterocycles. The molecule has 1 heterocycles. The summed E-state index contributed by atoms with van der Waals surface area (Å²) >= 11 is 0. The Balaban J connectivity index is 2.55. The largest absolute Gasteiger partial charge is 0.393 e. The van der Waals surface area contributed by atoms with Gasteiger partial charge < -0.3 is 5.32 Å². The van der Waals surface area contributed by atoms with Gasteiger partial charge in [-0.25, -0.2) is 0 Å². The molecule has 0 spiro atoms. The molecule has 0 aromatic heterocycles. The SMILES string of the molecule is C[C@@H]1CCNC[C@@H]1C(F)(F)F. The number of alkyl halides is 3. The van der Waals surface area contributed by atoms with Gasteiger partial charge in [0.15, 0.2) is 0 Å². The maximum Gasteiger partial charge on any atom is 0.393 e. The van der Waals surface area contributed by atoms with E-state index in [4.69, 9.17) is 0 Å². The fourth-order valence-electron chi connectivity index (χ4n) is 1.43. The highest BCUT2D eigenvalue weighted by molar-refractivity contribution is 4.80.